The minimum atomic E-state index is 0.110. The topological polar surface area (TPSA) is 78.4 Å². The van der Waals surface area contributed by atoms with Gasteiger partial charge in [0.2, 0.25) is 0 Å². The van der Waals surface area contributed by atoms with Crippen LogP contribution in [0.4, 0.5) is 34.1 Å². The highest BCUT2D eigenvalue weighted by Crippen LogP contribution is 2.56. The van der Waals surface area contributed by atoms with Crippen molar-refractivity contribution in [3.8, 4) is 71.9 Å². The van der Waals surface area contributed by atoms with E-state index in [9.17, 15) is 0 Å². The molecule has 2 aliphatic rings. The van der Waals surface area contributed by atoms with E-state index in [0.717, 1.165) is 119 Å². The summed E-state index contributed by atoms with van der Waals surface area (Å²) in [5, 5.41) is 0. The number of nitrogens with zero attached hydrogens (tertiary/aromatic N) is 4. The maximum atomic E-state index is 6.48. The molecule has 0 fully saturated rings. The average molecular weight is 1170 g/mol. The number of hydrogen-bond acceptors (Lipinski definition) is 11. The van der Waals surface area contributed by atoms with E-state index in [1.54, 1.807) is 36.7 Å². The van der Waals surface area contributed by atoms with Gasteiger partial charge in [-0.1, -0.05) is 155 Å². The summed E-state index contributed by atoms with van der Waals surface area (Å²) in [7, 11) is 3.36. The highest BCUT2D eigenvalue weighted by atomic mass is 32.1. The van der Waals surface area contributed by atoms with Crippen LogP contribution >= 0.6 is 23.1 Å². The predicted molar refractivity (Wildman–Crippen MR) is 355 cm³/mol. The first-order valence-electron chi connectivity index (χ1n) is 30.3. The van der Waals surface area contributed by atoms with E-state index >= 15 is 0 Å². The molecule has 0 amide bonds. The van der Waals surface area contributed by atoms with Crippen molar-refractivity contribution in [1.29, 1.82) is 0 Å². The van der Waals surface area contributed by atoms with Crippen molar-refractivity contribution in [3.63, 3.8) is 0 Å². The Hall–Kier alpha value is -8.90. The minimum Gasteiger partial charge on any atom is -0.497 e. The first-order valence-corrected chi connectivity index (χ1v) is 31.8. The van der Waals surface area contributed by atoms with Gasteiger partial charge in [-0.3, -0.25) is 0 Å². The van der Waals surface area contributed by atoms with Gasteiger partial charge in [-0.2, -0.15) is 8.75 Å². The summed E-state index contributed by atoms with van der Waals surface area (Å²) in [6.07, 6.45) is 12.2. The van der Waals surface area contributed by atoms with Crippen LogP contribution in [0.2, 0.25) is 0 Å². The molecular formula is C75H70N4O5S2. The molecule has 432 valence electrons. The van der Waals surface area contributed by atoms with Gasteiger partial charge in [0, 0.05) is 50.7 Å². The van der Waals surface area contributed by atoms with Crippen molar-refractivity contribution in [3.05, 3.63) is 223 Å². The van der Waals surface area contributed by atoms with Crippen LogP contribution in [-0.4, -0.2) is 42.8 Å². The van der Waals surface area contributed by atoms with Crippen molar-refractivity contribution in [1.82, 2.24) is 8.75 Å². The lowest BCUT2D eigenvalue weighted by Crippen LogP contribution is -2.25. The number of benzene rings is 9. The number of hydrogen-bond donors (Lipinski definition) is 0. The molecule has 0 N–H and O–H groups in total. The molecule has 1 aliphatic heterocycles. The molecule has 1 aliphatic carbocycles. The molecule has 86 heavy (non-hydrogen) atoms. The molecule has 11 aromatic rings. The van der Waals surface area contributed by atoms with Crippen LogP contribution in [-0.2, 0) is 5.41 Å². The molecule has 0 spiro atoms. The number of rotatable bonds is 24. The lowest BCUT2D eigenvalue weighted by atomic mass is 9.70. The van der Waals surface area contributed by atoms with Crippen molar-refractivity contribution in [2.75, 3.05) is 43.8 Å². The molecule has 11 heteroatoms. The van der Waals surface area contributed by atoms with E-state index in [2.05, 4.69) is 205 Å². The Bertz CT molecular complexity index is 3960. The summed E-state index contributed by atoms with van der Waals surface area (Å²) in [6.45, 7) is 3.94. The fraction of sp³-hybridized carbons (Fsp3) is 0.227. The number of anilines is 6. The second-order valence-corrected chi connectivity index (χ2v) is 23.8. The Balaban J connectivity index is 0.693. The van der Waals surface area contributed by atoms with Gasteiger partial charge in [0.15, 0.2) is 11.5 Å². The lowest BCUT2D eigenvalue weighted by molar-refractivity contribution is 0.175. The Morgan fingerprint density at radius 3 is 1.41 bits per heavy atom. The van der Waals surface area contributed by atoms with Crippen LogP contribution < -0.4 is 33.5 Å². The normalized spacial score (nSPS) is 12.8. The van der Waals surface area contributed by atoms with Crippen molar-refractivity contribution < 1.29 is 23.7 Å². The summed E-state index contributed by atoms with van der Waals surface area (Å²) in [4.78, 5) is 6.49. The van der Waals surface area contributed by atoms with Crippen LogP contribution in [0.3, 0.4) is 0 Å². The van der Waals surface area contributed by atoms with Crippen LogP contribution in [0.1, 0.15) is 82.3 Å². The summed E-state index contributed by atoms with van der Waals surface area (Å²) in [5.41, 5.74) is 18.0. The van der Waals surface area contributed by atoms with Crippen LogP contribution in [0, 0.1) is 0 Å². The van der Waals surface area contributed by atoms with E-state index < -0.39 is 0 Å². The Morgan fingerprint density at radius 1 is 0.419 bits per heavy atom. The summed E-state index contributed by atoms with van der Waals surface area (Å²) in [5.74, 6) is 3.99. The number of unbranched alkanes of at least 4 members (excludes halogenated alkanes) is 6. The van der Waals surface area contributed by atoms with Crippen molar-refractivity contribution >= 4 is 68.2 Å². The third-order valence-corrected chi connectivity index (χ3v) is 18.8. The molecule has 0 saturated heterocycles. The molecule has 9 nitrogen and oxygen atoms in total. The summed E-state index contributed by atoms with van der Waals surface area (Å²) in [6, 6.07) is 75.3. The van der Waals surface area contributed by atoms with E-state index in [1.807, 2.05) is 24.3 Å². The first-order chi connectivity index (χ1) is 42.5. The summed E-state index contributed by atoms with van der Waals surface area (Å²) < 4.78 is 40.1. The monoisotopic (exact) mass is 1170 g/mol. The smallest absolute Gasteiger partial charge is 0.180 e. The van der Waals surface area contributed by atoms with Crippen LogP contribution in [0.5, 0.6) is 28.7 Å². The lowest BCUT2D eigenvalue weighted by Gasteiger charge is -2.33. The molecule has 0 saturated carbocycles. The number of ether oxygens (including phenoxy) is 5. The van der Waals surface area contributed by atoms with Gasteiger partial charge in [0.1, 0.15) is 41.5 Å². The number of aromatic nitrogens is 2. The maximum absolute atomic E-state index is 6.48. The molecular weight excluding hydrogens is 1100 g/mol. The van der Waals surface area contributed by atoms with Gasteiger partial charge in [-0.15, -0.1) is 11.3 Å². The first kappa shape index (κ1) is 56.2. The Morgan fingerprint density at radius 2 is 0.860 bits per heavy atom. The van der Waals surface area contributed by atoms with Gasteiger partial charge in [0.05, 0.1) is 42.3 Å². The van der Waals surface area contributed by atoms with Gasteiger partial charge in [0.25, 0.3) is 0 Å². The maximum Gasteiger partial charge on any atom is 0.180 e. The number of thiophene rings is 1. The highest BCUT2D eigenvalue weighted by molar-refractivity contribution is 7.20. The average Bonchev–Trinajstić information content (AvgIpc) is 1.63. The Kier molecular flexibility index (Phi) is 16.8. The van der Waals surface area contributed by atoms with Gasteiger partial charge in [-0.05, 0) is 162 Å². The standard InChI is InChI=1S/C75H70N4O5S2/c1-4-5-6-16-47-75(67-23-14-12-21-64(67)65-22-13-15-24-68(65)75)48-17-7-8-18-49-82-62-43-37-59(38-44-62)78(54-19-10-9-11-20-54)56-31-27-53(28-32-56)73-71-72(84-51-50-83-71)74(85-73)66-46-45-63(69-70(66)77-86-76-69)52-25-29-55(30-26-52)79(57-33-39-60(80-2)40-34-57)58-35-41-61(81-3)42-36-58/h9-15,19-46H,4-8,16-18,47-51H2,1-3H3. The minimum absolute atomic E-state index is 0.110. The third kappa shape index (κ3) is 11.3. The van der Waals surface area contributed by atoms with E-state index in [1.165, 1.54) is 74.2 Å². The van der Waals surface area contributed by atoms with Crippen LogP contribution in [0.15, 0.2) is 212 Å². The number of methoxy groups -OCH3 is 2. The van der Waals surface area contributed by atoms with E-state index in [-0.39, 0.29) is 5.41 Å². The molecule has 0 unspecified atom stereocenters. The fourth-order valence-electron chi connectivity index (χ4n) is 12.8. The molecule has 0 bridgehead atoms. The molecule has 2 aromatic heterocycles. The zero-order valence-corrected chi connectivity index (χ0v) is 50.7. The quantitative estimate of drug-likeness (QED) is 0.0550. The molecule has 3 heterocycles. The fourth-order valence-corrected chi connectivity index (χ4v) is 14.6. The Labute approximate surface area is 513 Å². The second-order valence-electron chi connectivity index (χ2n) is 22.2. The SMILES string of the molecule is CCCCCCC1(CCCCCCOc2ccc(N(c3ccccc3)c3ccc(-c4sc(-c5ccc(-c6ccc(N(c7ccc(OC)cc7)c7ccc(OC)cc7)cc6)c6nsnc56)c5c4OCCO5)cc3)cc2)c2ccccc2-c2ccccc21. The molecule has 0 radical (unpaired) electrons. The zero-order valence-electron chi connectivity index (χ0n) is 49.0. The molecule has 9 aromatic carbocycles. The third-order valence-electron chi connectivity index (χ3n) is 17.1. The van der Waals surface area contributed by atoms with Gasteiger partial charge < -0.3 is 33.5 Å². The van der Waals surface area contributed by atoms with Crippen molar-refractivity contribution in [2.45, 2.75) is 76.5 Å². The van der Waals surface area contributed by atoms with E-state index in [4.69, 9.17) is 32.4 Å². The highest BCUT2D eigenvalue weighted by Gasteiger charge is 2.42. The van der Waals surface area contributed by atoms with Crippen LogP contribution in [0.25, 0.3) is 54.2 Å². The zero-order chi connectivity index (χ0) is 58.2. The van der Waals surface area contributed by atoms with Gasteiger partial charge in [-0.25, -0.2) is 0 Å². The predicted octanol–water partition coefficient (Wildman–Crippen LogP) is 20.7. The second kappa shape index (κ2) is 25.8. The van der Waals surface area contributed by atoms with E-state index in [0.29, 0.717) is 19.8 Å². The number of para-hydroxylation sites is 1. The van der Waals surface area contributed by atoms with Gasteiger partial charge >= 0.3 is 0 Å². The molecule has 0 atom stereocenters. The van der Waals surface area contributed by atoms with Crippen molar-refractivity contribution in [2.24, 2.45) is 0 Å². The number of fused-ring (bicyclic) bond motifs is 5. The molecule has 13 rings (SSSR count). The largest absolute Gasteiger partial charge is 0.497 e. The summed E-state index contributed by atoms with van der Waals surface area (Å²) >= 11 is 2.89.